The fourth-order valence-electron chi connectivity index (χ4n) is 1.37. The van der Waals surface area contributed by atoms with Crippen molar-refractivity contribution in [3.63, 3.8) is 0 Å². The summed E-state index contributed by atoms with van der Waals surface area (Å²) in [4.78, 5) is 0. The lowest BCUT2D eigenvalue weighted by Crippen LogP contribution is -2.22. The molecule has 1 atom stereocenters. The van der Waals surface area contributed by atoms with Crippen LogP contribution in [-0.4, -0.2) is 12.9 Å². The molecule has 84 valence electrons. The van der Waals surface area contributed by atoms with Crippen LogP contribution in [-0.2, 0) is 4.74 Å². The summed E-state index contributed by atoms with van der Waals surface area (Å²) >= 11 is 0. The molecule has 0 fully saturated rings. The SMILES string of the molecule is CCOC(CC(C)C)Oc1ccccc1. The van der Waals surface area contributed by atoms with E-state index in [1.807, 2.05) is 37.3 Å². The first-order valence-corrected chi connectivity index (χ1v) is 5.55. The molecule has 0 aromatic heterocycles. The largest absolute Gasteiger partial charge is 0.465 e. The average Bonchev–Trinajstić information content (AvgIpc) is 2.18. The summed E-state index contributed by atoms with van der Waals surface area (Å²) < 4.78 is 11.3. The molecule has 0 amide bonds. The minimum atomic E-state index is -0.127. The van der Waals surface area contributed by atoms with Crippen molar-refractivity contribution in [1.29, 1.82) is 0 Å². The standard InChI is InChI=1S/C13H20O2/c1-4-14-13(10-11(2)3)15-12-8-6-5-7-9-12/h5-9,11,13H,4,10H2,1-3H3. The molecule has 2 nitrogen and oxygen atoms in total. The molecule has 15 heavy (non-hydrogen) atoms. The van der Waals surface area contributed by atoms with Gasteiger partial charge in [0.1, 0.15) is 5.75 Å². The Bertz CT molecular complexity index is 256. The van der Waals surface area contributed by atoms with Gasteiger partial charge in [-0.25, -0.2) is 0 Å². The van der Waals surface area contributed by atoms with Gasteiger partial charge in [-0.3, -0.25) is 0 Å². The van der Waals surface area contributed by atoms with E-state index in [2.05, 4.69) is 13.8 Å². The van der Waals surface area contributed by atoms with Crippen molar-refractivity contribution in [2.24, 2.45) is 5.92 Å². The zero-order valence-corrected chi connectivity index (χ0v) is 9.77. The van der Waals surface area contributed by atoms with E-state index in [0.717, 1.165) is 12.2 Å². The van der Waals surface area contributed by atoms with E-state index in [0.29, 0.717) is 12.5 Å². The zero-order chi connectivity index (χ0) is 11.1. The smallest absolute Gasteiger partial charge is 0.200 e. The van der Waals surface area contributed by atoms with Gasteiger partial charge in [0, 0.05) is 13.0 Å². The normalized spacial score (nSPS) is 12.8. The molecule has 1 aromatic rings. The molecule has 0 bridgehead atoms. The van der Waals surface area contributed by atoms with Crippen molar-refractivity contribution >= 4 is 0 Å². The van der Waals surface area contributed by atoms with Gasteiger partial charge in [-0.1, -0.05) is 32.0 Å². The van der Waals surface area contributed by atoms with Gasteiger partial charge in [-0.2, -0.15) is 0 Å². The lowest BCUT2D eigenvalue weighted by Gasteiger charge is -2.20. The Labute approximate surface area is 92.2 Å². The number of hydrogen-bond donors (Lipinski definition) is 0. The predicted molar refractivity (Wildman–Crippen MR) is 61.9 cm³/mol. The molecule has 0 N–H and O–H groups in total. The van der Waals surface area contributed by atoms with Crippen LogP contribution in [0.4, 0.5) is 0 Å². The first-order chi connectivity index (χ1) is 7.22. The van der Waals surface area contributed by atoms with Crippen LogP contribution in [0.15, 0.2) is 30.3 Å². The Hall–Kier alpha value is -1.02. The van der Waals surface area contributed by atoms with Crippen LogP contribution in [0.3, 0.4) is 0 Å². The average molecular weight is 208 g/mol. The third-order valence-electron chi connectivity index (χ3n) is 2.03. The number of rotatable bonds is 6. The molecule has 0 heterocycles. The number of hydrogen-bond acceptors (Lipinski definition) is 2. The van der Waals surface area contributed by atoms with E-state index in [-0.39, 0.29) is 6.29 Å². The molecule has 0 spiro atoms. The van der Waals surface area contributed by atoms with E-state index < -0.39 is 0 Å². The summed E-state index contributed by atoms with van der Waals surface area (Å²) in [5, 5.41) is 0. The zero-order valence-electron chi connectivity index (χ0n) is 9.77. The monoisotopic (exact) mass is 208 g/mol. The quantitative estimate of drug-likeness (QED) is 0.666. The molecule has 2 heteroatoms. The van der Waals surface area contributed by atoms with Gasteiger partial charge >= 0.3 is 0 Å². The van der Waals surface area contributed by atoms with Gasteiger partial charge in [0.25, 0.3) is 0 Å². The summed E-state index contributed by atoms with van der Waals surface area (Å²) in [6, 6.07) is 9.81. The fraction of sp³-hybridized carbons (Fsp3) is 0.538. The summed E-state index contributed by atoms with van der Waals surface area (Å²) in [6.07, 6.45) is 0.792. The Morgan fingerprint density at radius 3 is 2.33 bits per heavy atom. The molecule has 0 saturated carbocycles. The molecule has 0 saturated heterocycles. The molecule has 1 aromatic carbocycles. The predicted octanol–water partition coefficient (Wildman–Crippen LogP) is 3.47. The van der Waals surface area contributed by atoms with Crippen LogP contribution < -0.4 is 4.74 Å². The number of ether oxygens (including phenoxy) is 2. The van der Waals surface area contributed by atoms with Crippen LogP contribution in [0, 0.1) is 5.92 Å². The van der Waals surface area contributed by atoms with Gasteiger partial charge < -0.3 is 9.47 Å². The van der Waals surface area contributed by atoms with Gasteiger partial charge in [0.05, 0.1) is 0 Å². The van der Waals surface area contributed by atoms with Crippen molar-refractivity contribution in [3.05, 3.63) is 30.3 Å². The van der Waals surface area contributed by atoms with Gasteiger partial charge in [0.15, 0.2) is 6.29 Å². The van der Waals surface area contributed by atoms with Crippen LogP contribution >= 0.6 is 0 Å². The highest BCUT2D eigenvalue weighted by atomic mass is 16.7. The maximum Gasteiger partial charge on any atom is 0.200 e. The van der Waals surface area contributed by atoms with E-state index in [4.69, 9.17) is 9.47 Å². The highest BCUT2D eigenvalue weighted by Gasteiger charge is 2.11. The molecule has 0 radical (unpaired) electrons. The van der Waals surface area contributed by atoms with Crippen molar-refractivity contribution in [2.45, 2.75) is 33.5 Å². The molecule has 1 rings (SSSR count). The van der Waals surface area contributed by atoms with Crippen molar-refractivity contribution in [1.82, 2.24) is 0 Å². The highest BCUT2D eigenvalue weighted by Crippen LogP contribution is 2.16. The summed E-state index contributed by atoms with van der Waals surface area (Å²) in [5.74, 6) is 1.45. The van der Waals surface area contributed by atoms with E-state index in [1.54, 1.807) is 0 Å². The van der Waals surface area contributed by atoms with E-state index >= 15 is 0 Å². The molecule has 1 unspecified atom stereocenters. The van der Waals surface area contributed by atoms with Crippen LogP contribution in [0.25, 0.3) is 0 Å². The second-order valence-corrected chi connectivity index (χ2v) is 3.95. The number of benzene rings is 1. The summed E-state index contributed by atoms with van der Waals surface area (Å²) in [7, 11) is 0. The van der Waals surface area contributed by atoms with Crippen molar-refractivity contribution in [3.8, 4) is 5.75 Å². The molecule has 0 aliphatic carbocycles. The third-order valence-corrected chi connectivity index (χ3v) is 2.03. The first kappa shape index (κ1) is 12.1. The van der Waals surface area contributed by atoms with Gasteiger partial charge in [-0.05, 0) is 25.0 Å². The Morgan fingerprint density at radius 1 is 1.13 bits per heavy atom. The van der Waals surface area contributed by atoms with Crippen LogP contribution in [0.2, 0.25) is 0 Å². The summed E-state index contributed by atoms with van der Waals surface area (Å²) in [6.45, 7) is 7.01. The molecule has 0 aliphatic rings. The van der Waals surface area contributed by atoms with Gasteiger partial charge in [-0.15, -0.1) is 0 Å². The van der Waals surface area contributed by atoms with Crippen LogP contribution in [0.5, 0.6) is 5.75 Å². The lowest BCUT2D eigenvalue weighted by molar-refractivity contribution is -0.0859. The molecular weight excluding hydrogens is 188 g/mol. The van der Waals surface area contributed by atoms with E-state index in [9.17, 15) is 0 Å². The summed E-state index contributed by atoms with van der Waals surface area (Å²) in [5.41, 5.74) is 0. The minimum Gasteiger partial charge on any atom is -0.465 e. The second-order valence-electron chi connectivity index (χ2n) is 3.95. The molecule has 0 aliphatic heterocycles. The highest BCUT2D eigenvalue weighted by molar-refractivity contribution is 5.20. The topological polar surface area (TPSA) is 18.5 Å². The van der Waals surface area contributed by atoms with Gasteiger partial charge in [0.2, 0.25) is 0 Å². The number of para-hydroxylation sites is 1. The van der Waals surface area contributed by atoms with Crippen molar-refractivity contribution in [2.75, 3.05) is 6.61 Å². The maximum atomic E-state index is 5.74. The second kappa shape index (κ2) is 6.46. The maximum absolute atomic E-state index is 5.74. The van der Waals surface area contributed by atoms with Crippen LogP contribution in [0.1, 0.15) is 27.2 Å². The molecular formula is C13H20O2. The fourth-order valence-corrected chi connectivity index (χ4v) is 1.37. The Balaban J connectivity index is 2.50. The van der Waals surface area contributed by atoms with E-state index in [1.165, 1.54) is 0 Å². The van der Waals surface area contributed by atoms with Crippen molar-refractivity contribution < 1.29 is 9.47 Å². The Kier molecular flexibility index (Phi) is 5.19. The first-order valence-electron chi connectivity index (χ1n) is 5.55. The Morgan fingerprint density at radius 2 is 1.80 bits per heavy atom. The third kappa shape index (κ3) is 4.84. The minimum absolute atomic E-state index is 0.127. The lowest BCUT2D eigenvalue weighted by atomic mass is 10.1.